The van der Waals surface area contributed by atoms with Crippen LogP contribution in [-0.2, 0) is 0 Å². The van der Waals surface area contributed by atoms with Gasteiger partial charge in [-0.05, 0) is 49.9 Å². The van der Waals surface area contributed by atoms with Crippen molar-refractivity contribution in [1.82, 2.24) is 9.97 Å². The topological polar surface area (TPSA) is 49.8 Å². The molecule has 0 atom stereocenters. The summed E-state index contributed by atoms with van der Waals surface area (Å²) in [6, 6.07) is 6.17. The van der Waals surface area contributed by atoms with E-state index in [1.54, 1.807) is 0 Å². The summed E-state index contributed by atoms with van der Waals surface area (Å²) in [6.45, 7) is 4.20. The van der Waals surface area contributed by atoms with E-state index in [9.17, 15) is 0 Å². The zero-order chi connectivity index (χ0) is 15.0. The second-order valence-corrected chi connectivity index (χ2v) is 6.48. The van der Waals surface area contributed by atoms with Gasteiger partial charge in [0, 0.05) is 29.2 Å². The van der Waals surface area contributed by atoms with Crippen LogP contribution in [0, 0.1) is 13.8 Å². The molecule has 0 bridgehead atoms. The highest BCUT2D eigenvalue weighted by atomic mass is 79.9. The molecular weight excluding hydrogens is 328 g/mol. The molecular formula is C16H19BrN4. The van der Waals surface area contributed by atoms with E-state index in [1.165, 1.54) is 24.0 Å². The predicted molar refractivity (Wildman–Crippen MR) is 90.5 cm³/mol. The molecule has 0 radical (unpaired) electrons. The highest BCUT2D eigenvalue weighted by molar-refractivity contribution is 9.10. The molecule has 0 spiro atoms. The molecule has 1 aromatic carbocycles. The second kappa shape index (κ2) is 5.64. The van der Waals surface area contributed by atoms with Gasteiger partial charge in [-0.3, -0.25) is 0 Å². The minimum absolute atomic E-state index is 0.533. The van der Waals surface area contributed by atoms with Gasteiger partial charge >= 0.3 is 0 Å². The van der Waals surface area contributed by atoms with E-state index in [4.69, 9.17) is 0 Å². The van der Waals surface area contributed by atoms with Gasteiger partial charge in [0.1, 0.15) is 17.5 Å². The average molecular weight is 347 g/mol. The van der Waals surface area contributed by atoms with E-state index in [0.717, 1.165) is 27.6 Å². The Morgan fingerprint density at radius 3 is 2.24 bits per heavy atom. The van der Waals surface area contributed by atoms with Crippen LogP contribution >= 0.6 is 15.9 Å². The maximum Gasteiger partial charge on any atom is 0.136 e. The van der Waals surface area contributed by atoms with Crippen molar-refractivity contribution < 1.29 is 0 Å². The van der Waals surface area contributed by atoms with E-state index in [-0.39, 0.29) is 0 Å². The summed E-state index contributed by atoms with van der Waals surface area (Å²) in [5.74, 6) is 3.19. The van der Waals surface area contributed by atoms with E-state index in [0.29, 0.717) is 5.92 Å². The number of anilines is 3. The van der Waals surface area contributed by atoms with Crippen LogP contribution in [0.15, 0.2) is 22.7 Å². The molecule has 0 aliphatic heterocycles. The highest BCUT2D eigenvalue weighted by Gasteiger charge is 2.27. The fraction of sp³-hybridized carbons (Fsp3) is 0.375. The normalized spacial score (nSPS) is 14.1. The lowest BCUT2D eigenvalue weighted by Crippen LogP contribution is -2.04. The van der Waals surface area contributed by atoms with Gasteiger partial charge in [0.2, 0.25) is 0 Å². The summed E-state index contributed by atoms with van der Waals surface area (Å²) in [6.07, 6.45) is 2.39. The summed E-state index contributed by atoms with van der Waals surface area (Å²) in [7, 11) is 1.89. The molecule has 0 saturated heterocycles. The standard InChI is InChI=1S/C16H19BrN4/c1-9-6-12(17)7-10(2)15(9)19-14-8-13(18-3)20-16(21-14)11-4-5-11/h6-8,11H,4-5H2,1-3H3,(H2,18,19,20,21). The van der Waals surface area contributed by atoms with Crippen LogP contribution in [0.25, 0.3) is 0 Å². The van der Waals surface area contributed by atoms with Gasteiger partial charge in [0.25, 0.3) is 0 Å². The Kier molecular flexibility index (Phi) is 3.85. The molecule has 1 aliphatic carbocycles. The number of hydrogen-bond donors (Lipinski definition) is 2. The highest BCUT2D eigenvalue weighted by Crippen LogP contribution is 2.39. The zero-order valence-corrected chi connectivity index (χ0v) is 14.1. The first-order valence-electron chi connectivity index (χ1n) is 7.17. The third-order valence-electron chi connectivity index (χ3n) is 3.69. The Labute approximate surface area is 133 Å². The van der Waals surface area contributed by atoms with Gasteiger partial charge in [0.05, 0.1) is 0 Å². The van der Waals surface area contributed by atoms with E-state index in [1.807, 2.05) is 13.1 Å². The number of aryl methyl sites for hydroxylation is 2. The third kappa shape index (κ3) is 3.18. The maximum absolute atomic E-state index is 4.67. The monoisotopic (exact) mass is 346 g/mol. The Morgan fingerprint density at radius 1 is 1.05 bits per heavy atom. The van der Waals surface area contributed by atoms with Crippen LogP contribution in [0.5, 0.6) is 0 Å². The van der Waals surface area contributed by atoms with Crippen LogP contribution in [-0.4, -0.2) is 17.0 Å². The molecule has 4 nitrogen and oxygen atoms in total. The summed E-state index contributed by atoms with van der Waals surface area (Å²) >= 11 is 3.53. The zero-order valence-electron chi connectivity index (χ0n) is 12.5. The summed E-state index contributed by atoms with van der Waals surface area (Å²) in [5, 5.41) is 6.57. The van der Waals surface area contributed by atoms with E-state index >= 15 is 0 Å². The molecule has 5 heteroatoms. The van der Waals surface area contributed by atoms with Gasteiger partial charge in [-0.1, -0.05) is 15.9 Å². The summed E-state index contributed by atoms with van der Waals surface area (Å²) < 4.78 is 1.10. The van der Waals surface area contributed by atoms with Gasteiger partial charge in [-0.2, -0.15) is 0 Å². The number of rotatable bonds is 4. The number of aromatic nitrogens is 2. The Bertz CT molecular complexity index is 657. The molecule has 21 heavy (non-hydrogen) atoms. The van der Waals surface area contributed by atoms with Gasteiger partial charge < -0.3 is 10.6 Å². The average Bonchev–Trinajstić information content (AvgIpc) is 3.27. The van der Waals surface area contributed by atoms with Gasteiger partial charge in [-0.25, -0.2) is 9.97 Å². The number of halogens is 1. The molecule has 1 saturated carbocycles. The van der Waals surface area contributed by atoms with E-state index < -0.39 is 0 Å². The minimum atomic E-state index is 0.533. The molecule has 1 fully saturated rings. The van der Waals surface area contributed by atoms with Crippen molar-refractivity contribution in [2.75, 3.05) is 17.7 Å². The molecule has 1 aromatic heterocycles. The van der Waals surface area contributed by atoms with Crippen LogP contribution in [0.1, 0.15) is 35.7 Å². The fourth-order valence-electron chi connectivity index (χ4n) is 2.42. The molecule has 1 aliphatic rings. The van der Waals surface area contributed by atoms with Gasteiger partial charge in [-0.15, -0.1) is 0 Å². The molecule has 2 N–H and O–H groups in total. The number of benzene rings is 1. The number of nitrogens with one attached hydrogen (secondary N) is 2. The molecule has 1 heterocycles. The lowest BCUT2D eigenvalue weighted by Gasteiger charge is -2.14. The molecule has 110 valence electrons. The first-order valence-corrected chi connectivity index (χ1v) is 7.96. The largest absolute Gasteiger partial charge is 0.373 e. The van der Waals surface area contributed by atoms with Crippen LogP contribution in [0.2, 0.25) is 0 Å². The lowest BCUT2D eigenvalue weighted by molar-refractivity contribution is 0.932. The van der Waals surface area contributed by atoms with Crippen LogP contribution in [0.3, 0.4) is 0 Å². The summed E-state index contributed by atoms with van der Waals surface area (Å²) in [5.41, 5.74) is 3.50. The Morgan fingerprint density at radius 2 is 1.67 bits per heavy atom. The third-order valence-corrected chi connectivity index (χ3v) is 4.15. The van der Waals surface area contributed by atoms with Crippen molar-refractivity contribution in [1.29, 1.82) is 0 Å². The molecule has 0 unspecified atom stereocenters. The van der Waals surface area contributed by atoms with Crippen molar-refractivity contribution in [2.24, 2.45) is 0 Å². The molecule has 0 amide bonds. The van der Waals surface area contributed by atoms with Crippen molar-refractivity contribution >= 4 is 33.3 Å². The lowest BCUT2D eigenvalue weighted by atomic mass is 10.1. The van der Waals surface area contributed by atoms with Crippen molar-refractivity contribution in [3.05, 3.63) is 39.6 Å². The first-order chi connectivity index (χ1) is 10.1. The quantitative estimate of drug-likeness (QED) is 0.854. The SMILES string of the molecule is CNc1cc(Nc2c(C)cc(Br)cc2C)nc(C2CC2)n1. The predicted octanol–water partition coefficient (Wildman–Crippen LogP) is 4.52. The number of hydrogen-bond acceptors (Lipinski definition) is 4. The van der Waals surface area contributed by atoms with Crippen LogP contribution in [0.4, 0.5) is 17.3 Å². The Balaban J connectivity index is 1.96. The van der Waals surface area contributed by atoms with Crippen LogP contribution < -0.4 is 10.6 Å². The van der Waals surface area contributed by atoms with Crippen molar-refractivity contribution in [3.63, 3.8) is 0 Å². The van der Waals surface area contributed by atoms with E-state index in [2.05, 4.69) is 62.5 Å². The summed E-state index contributed by atoms with van der Waals surface area (Å²) in [4.78, 5) is 9.21. The fourth-order valence-corrected chi connectivity index (χ4v) is 3.10. The minimum Gasteiger partial charge on any atom is -0.373 e. The van der Waals surface area contributed by atoms with Gasteiger partial charge in [0.15, 0.2) is 0 Å². The Hall–Kier alpha value is -1.62. The second-order valence-electron chi connectivity index (χ2n) is 5.56. The first kappa shape index (κ1) is 14.3. The molecule has 3 rings (SSSR count). The smallest absolute Gasteiger partial charge is 0.136 e. The van der Waals surface area contributed by atoms with Crippen molar-refractivity contribution in [2.45, 2.75) is 32.6 Å². The number of nitrogens with zero attached hydrogens (tertiary/aromatic N) is 2. The maximum atomic E-state index is 4.67. The molecule has 2 aromatic rings. The van der Waals surface area contributed by atoms with Crippen molar-refractivity contribution in [3.8, 4) is 0 Å².